The van der Waals surface area contributed by atoms with Crippen molar-refractivity contribution in [2.75, 3.05) is 50.8 Å². The van der Waals surface area contributed by atoms with E-state index in [-0.39, 0.29) is 11.9 Å². The smallest absolute Gasteiger partial charge is 0.348 e. The van der Waals surface area contributed by atoms with Crippen molar-refractivity contribution in [3.8, 4) is 0 Å². The first-order chi connectivity index (χ1) is 13.9. The van der Waals surface area contributed by atoms with Gasteiger partial charge in [-0.25, -0.2) is 14.8 Å². The van der Waals surface area contributed by atoms with E-state index in [1.165, 1.54) is 11.3 Å². The standard InChI is InChI=1S/C20H27N5O3S/c1-5-7-21-15(26)12-24-8-10-25(11-9-24)18-16-13(3)17(20(27)28-6-2)29-19(16)23-14(4)22-18/h5H,1,6-12H2,2-4H3,(H,21,26). The molecule has 0 aliphatic carbocycles. The van der Waals surface area contributed by atoms with E-state index >= 15 is 0 Å². The van der Waals surface area contributed by atoms with Gasteiger partial charge in [0.15, 0.2) is 0 Å². The van der Waals surface area contributed by atoms with Gasteiger partial charge in [0.25, 0.3) is 0 Å². The third-order valence-corrected chi connectivity index (χ3v) is 5.99. The number of nitrogens with zero attached hydrogens (tertiary/aromatic N) is 4. The highest BCUT2D eigenvalue weighted by Crippen LogP contribution is 2.36. The van der Waals surface area contributed by atoms with E-state index in [2.05, 4.69) is 26.7 Å². The Bertz CT molecular complexity index is 918. The van der Waals surface area contributed by atoms with Gasteiger partial charge in [0.2, 0.25) is 5.91 Å². The van der Waals surface area contributed by atoms with Crippen LogP contribution < -0.4 is 10.2 Å². The second kappa shape index (κ2) is 9.32. The predicted octanol–water partition coefficient (Wildman–Crippen LogP) is 1.91. The first kappa shape index (κ1) is 21.2. The van der Waals surface area contributed by atoms with Crippen LogP contribution in [0.2, 0.25) is 0 Å². The van der Waals surface area contributed by atoms with E-state index in [0.29, 0.717) is 30.4 Å². The van der Waals surface area contributed by atoms with Crippen LogP contribution in [0.5, 0.6) is 0 Å². The molecule has 0 spiro atoms. The minimum atomic E-state index is -0.313. The number of aromatic nitrogens is 2. The molecule has 1 saturated heterocycles. The molecule has 3 rings (SSSR count). The summed E-state index contributed by atoms with van der Waals surface area (Å²) in [5, 5.41) is 3.73. The van der Waals surface area contributed by atoms with Crippen LogP contribution in [0.1, 0.15) is 28.0 Å². The van der Waals surface area contributed by atoms with Crippen molar-refractivity contribution >= 4 is 39.2 Å². The van der Waals surface area contributed by atoms with Gasteiger partial charge in [0.05, 0.1) is 18.5 Å². The Morgan fingerprint density at radius 2 is 1.97 bits per heavy atom. The van der Waals surface area contributed by atoms with E-state index in [4.69, 9.17) is 9.72 Å². The lowest BCUT2D eigenvalue weighted by atomic mass is 10.1. The number of anilines is 1. The summed E-state index contributed by atoms with van der Waals surface area (Å²) in [6.45, 7) is 13.4. The van der Waals surface area contributed by atoms with Crippen LogP contribution >= 0.6 is 11.3 Å². The maximum absolute atomic E-state index is 12.3. The van der Waals surface area contributed by atoms with Gasteiger partial charge in [-0.3, -0.25) is 9.69 Å². The molecule has 1 fully saturated rings. The van der Waals surface area contributed by atoms with Gasteiger partial charge < -0.3 is 15.0 Å². The lowest BCUT2D eigenvalue weighted by molar-refractivity contribution is -0.122. The van der Waals surface area contributed by atoms with Crippen LogP contribution in [0.4, 0.5) is 5.82 Å². The summed E-state index contributed by atoms with van der Waals surface area (Å²) < 4.78 is 5.19. The number of esters is 1. The molecule has 1 N–H and O–H groups in total. The third-order valence-electron chi connectivity index (χ3n) is 4.83. The van der Waals surface area contributed by atoms with Crippen molar-refractivity contribution in [3.63, 3.8) is 0 Å². The number of ether oxygens (including phenoxy) is 1. The molecule has 1 aliphatic heterocycles. The average Bonchev–Trinajstić information content (AvgIpc) is 3.03. The van der Waals surface area contributed by atoms with Gasteiger partial charge in [-0.05, 0) is 26.3 Å². The first-order valence-corrected chi connectivity index (χ1v) is 10.6. The molecule has 0 saturated carbocycles. The van der Waals surface area contributed by atoms with Gasteiger partial charge >= 0.3 is 5.97 Å². The molecule has 9 heteroatoms. The summed E-state index contributed by atoms with van der Waals surface area (Å²) in [5.74, 6) is 1.22. The van der Waals surface area contributed by atoms with Crippen molar-refractivity contribution in [1.82, 2.24) is 20.2 Å². The number of nitrogens with one attached hydrogen (secondary N) is 1. The fraction of sp³-hybridized carbons (Fsp3) is 0.500. The predicted molar refractivity (Wildman–Crippen MR) is 115 cm³/mol. The summed E-state index contributed by atoms with van der Waals surface area (Å²) in [4.78, 5) is 39.2. The summed E-state index contributed by atoms with van der Waals surface area (Å²) >= 11 is 1.36. The molecule has 0 radical (unpaired) electrons. The van der Waals surface area contributed by atoms with Gasteiger partial charge in [0, 0.05) is 32.7 Å². The quantitative estimate of drug-likeness (QED) is 0.544. The zero-order valence-corrected chi connectivity index (χ0v) is 18.0. The maximum Gasteiger partial charge on any atom is 0.348 e. The topological polar surface area (TPSA) is 87.7 Å². The molecule has 2 aromatic heterocycles. The highest BCUT2D eigenvalue weighted by atomic mass is 32.1. The van der Waals surface area contributed by atoms with Crippen molar-refractivity contribution in [2.45, 2.75) is 20.8 Å². The lowest BCUT2D eigenvalue weighted by Gasteiger charge is -2.35. The van der Waals surface area contributed by atoms with Crippen LogP contribution in [0.3, 0.4) is 0 Å². The molecule has 0 atom stereocenters. The number of rotatable bonds is 7. The van der Waals surface area contributed by atoms with Crippen molar-refractivity contribution in [2.24, 2.45) is 0 Å². The largest absolute Gasteiger partial charge is 0.462 e. The minimum Gasteiger partial charge on any atom is -0.462 e. The molecule has 1 amide bonds. The summed E-state index contributed by atoms with van der Waals surface area (Å²) in [6.07, 6.45) is 1.67. The average molecular weight is 418 g/mol. The van der Waals surface area contributed by atoms with Gasteiger partial charge in [-0.1, -0.05) is 6.08 Å². The van der Waals surface area contributed by atoms with Gasteiger partial charge in [0.1, 0.15) is 21.3 Å². The van der Waals surface area contributed by atoms with Gasteiger partial charge in [-0.15, -0.1) is 17.9 Å². The number of amides is 1. The SMILES string of the molecule is C=CCNC(=O)CN1CCN(c2nc(C)nc3sc(C(=O)OCC)c(C)c23)CC1. The minimum absolute atomic E-state index is 0.00591. The lowest BCUT2D eigenvalue weighted by Crippen LogP contribution is -2.49. The Morgan fingerprint density at radius 1 is 1.24 bits per heavy atom. The zero-order chi connectivity index (χ0) is 21.0. The van der Waals surface area contributed by atoms with E-state index in [0.717, 1.165) is 47.8 Å². The molecule has 3 heterocycles. The molecule has 1 aliphatic rings. The van der Waals surface area contributed by atoms with Crippen molar-refractivity contribution < 1.29 is 14.3 Å². The Labute approximate surface area is 174 Å². The normalized spacial score (nSPS) is 14.8. The molecular formula is C20H27N5O3S. The Kier molecular flexibility index (Phi) is 6.81. The zero-order valence-electron chi connectivity index (χ0n) is 17.2. The fourth-order valence-electron chi connectivity index (χ4n) is 3.40. The van der Waals surface area contributed by atoms with Crippen LogP contribution in [0.25, 0.3) is 10.2 Å². The van der Waals surface area contributed by atoms with Crippen molar-refractivity contribution in [1.29, 1.82) is 0 Å². The number of carbonyl (C=O) groups excluding carboxylic acids is 2. The monoisotopic (exact) mass is 417 g/mol. The second-order valence-corrected chi connectivity index (χ2v) is 7.91. The Morgan fingerprint density at radius 3 is 2.62 bits per heavy atom. The molecule has 0 bridgehead atoms. The van der Waals surface area contributed by atoms with E-state index in [1.54, 1.807) is 13.0 Å². The van der Waals surface area contributed by atoms with Crippen molar-refractivity contribution in [3.05, 3.63) is 28.9 Å². The Hall–Kier alpha value is -2.52. The van der Waals surface area contributed by atoms with Crippen LogP contribution in [0.15, 0.2) is 12.7 Å². The number of hydrogen-bond donors (Lipinski definition) is 1. The number of fused-ring (bicyclic) bond motifs is 1. The summed E-state index contributed by atoms with van der Waals surface area (Å²) in [6, 6.07) is 0. The number of piperazine rings is 1. The van der Waals surface area contributed by atoms with E-state index in [1.807, 2.05) is 13.8 Å². The molecule has 0 aromatic carbocycles. The number of thiophene rings is 1. The molecular weight excluding hydrogens is 390 g/mol. The van der Waals surface area contributed by atoms with Crippen LogP contribution in [-0.2, 0) is 9.53 Å². The third kappa shape index (κ3) is 4.73. The maximum atomic E-state index is 12.3. The number of hydrogen-bond acceptors (Lipinski definition) is 8. The van der Waals surface area contributed by atoms with Crippen LogP contribution in [-0.4, -0.2) is 72.6 Å². The molecule has 8 nitrogen and oxygen atoms in total. The molecule has 2 aromatic rings. The van der Waals surface area contributed by atoms with E-state index < -0.39 is 0 Å². The van der Waals surface area contributed by atoms with E-state index in [9.17, 15) is 9.59 Å². The highest BCUT2D eigenvalue weighted by molar-refractivity contribution is 7.20. The molecule has 29 heavy (non-hydrogen) atoms. The first-order valence-electron chi connectivity index (χ1n) is 9.74. The fourth-order valence-corrected chi connectivity index (χ4v) is 4.52. The summed E-state index contributed by atoms with van der Waals surface area (Å²) in [7, 11) is 0. The van der Waals surface area contributed by atoms with Gasteiger partial charge in [-0.2, -0.15) is 0 Å². The number of carbonyl (C=O) groups is 2. The Balaban J connectivity index is 1.79. The highest BCUT2D eigenvalue weighted by Gasteiger charge is 2.26. The summed E-state index contributed by atoms with van der Waals surface area (Å²) in [5.41, 5.74) is 0.865. The van der Waals surface area contributed by atoms with Crippen LogP contribution in [0, 0.1) is 13.8 Å². The molecule has 0 unspecified atom stereocenters. The second-order valence-electron chi connectivity index (χ2n) is 6.91. The molecule has 156 valence electrons. The number of aryl methyl sites for hydroxylation is 2.